The van der Waals surface area contributed by atoms with Crippen LogP contribution in [0, 0.1) is 35.8 Å². The fourth-order valence-corrected chi connectivity index (χ4v) is 1.53. The Morgan fingerprint density at radius 2 is 1.75 bits per heavy atom. The van der Waals surface area contributed by atoms with Crippen molar-refractivity contribution >= 4 is 11.4 Å². The number of pyridine rings is 2. The molecule has 0 N–H and O–H groups in total. The van der Waals surface area contributed by atoms with Crippen LogP contribution in [-0.2, 0) is 0 Å². The van der Waals surface area contributed by atoms with Crippen LogP contribution in [0.1, 0.15) is 11.3 Å². The molecule has 0 atom stereocenters. The highest BCUT2D eigenvalue weighted by molar-refractivity contribution is 5.74. The molecule has 20 heavy (non-hydrogen) atoms. The molecule has 0 spiro atoms. The van der Waals surface area contributed by atoms with E-state index in [1.54, 1.807) is 6.07 Å². The molecule has 6 heteroatoms. The molecule has 90 valence electrons. The summed E-state index contributed by atoms with van der Waals surface area (Å²) in [6, 6.07) is 8.17. The predicted molar refractivity (Wildman–Crippen MR) is 69.4 cm³/mol. The van der Waals surface area contributed by atoms with Gasteiger partial charge in [0.05, 0.1) is 30.1 Å². The second-order valence-corrected chi connectivity index (χ2v) is 3.60. The van der Waals surface area contributed by atoms with Gasteiger partial charge >= 0.3 is 0 Å². The van der Waals surface area contributed by atoms with Crippen molar-refractivity contribution in [2.24, 2.45) is 0 Å². The highest BCUT2D eigenvalue weighted by Gasteiger charge is 2.10. The molecule has 0 saturated carbocycles. The standard InChI is InChI=1S/C14H4N6/c1-17-11-5-12(19-8-14(11)18-2)10-4-3-9(6-15)13(7-16)20-10/h3-5,8H. The topological polar surface area (TPSA) is 82.1 Å². The third-order valence-electron chi connectivity index (χ3n) is 2.49. The van der Waals surface area contributed by atoms with Crippen LogP contribution in [0.3, 0.4) is 0 Å². The van der Waals surface area contributed by atoms with Gasteiger partial charge in [-0.15, -0.1) is 0 Å². The molecule has 2 heterocycles. The Balaban J connectivity index is 2.60. The number of hydrogen-bond donors (Lipinski definition) is 0. The normalized spacial score (nSPS) is 8.80. The lowest BCUT2D eigenvalue weighted by Gasteiger charge is -2.03. The van der Waals surface area contributed by atoms with Crippen molar-refractivity contribution in [3.63, 3.8) is 0 Å². The fourth-order valence-electron chi connectivity index (χ4n) is 1.53. The lowest BCUT2D eigenvalue weighted by molar-refractivity contribution is 1.21. The van der Waals surface area contributed by atoms with Crippen LogP contribution in [0.2, 0.25) is 0 Å². The third kappa shape index (κ3) is 2.14. The van der Waals surface area contributed by atoms with Crippen molar-refractivity contribution in [3.8, 4) is 23.5 Å². The molecule has 0 fully saturated rings. The molecule has 2 rings (SSSR count). The van der Waals surface area contributed by atoms with Crippen molar-refractivity contribution in [3.05, 3.63) is 58.5 Å². The highest BCUT2D eigenvalue weighted by Crippen LogP contribution is 2.30. The van der Waals surface area contributed by atoms with Gasteiger partial charge < -0.3 is 0 Å². The van der Waals surface area contributed by atoms with Crippen LogP contribution in [0.4, 0.5) is 11.4 Å². The second kappa shape index (κ2) is 5.27. The summed E-state index contributed by atoms with van der Waals surface area (Å²) in [5, 5.41) is 17.8. The number of hydrogen-bond acceptors (Lipinski definition) is 4. The zero-order valence-electron chi connectivity index (χ0n) is 9.99. The minimum Gasteiger partial charge on any atom is -0.269 e. The van der Waals surface area contributed by atoms with E-state index in [-0.39, 0.29) is 22.6 Å². The molecule has 0 amide bonds. The minimum absolute atomic E-state index is 0.00502. The van der Waals surface area contributed by atoms with Gasteiger partial charge in [0.2, 0.25) is 5.69 Å². The molecular formula is C14H4N6. The predicted octanol–water partition coefficient (Wildman–Crippen LogP) is 2.99. The van der Waals surface area contributed by atoms with Crippen molar-refractivity contribution in [1.29, 1.82) is 10.5 Å². The van der Waals surface area contributed by atoms with Crippen LogP contribution >= 0.6 is 0 Å². The molecule has 2 aromatic rings. The van der Waals surface area contributed by atoms with Gasteiger partial charge in [-0.25, -0.2) is 14.7 Å². The number of nitrogens with zero attached hydrogens (tertiary/aromatic N) is 6. The minimum atomic E-state index is 0.00502. The van der Waals surface area contributed by atoms with Gasteiger partial charge in [0, 0.05) is 6.20 Å². The lowest BCUT2D eigenvalue weighted by Crippen LogP contribution is -1.93. The largest absolute Gasteiger partial charge is 0.269 e. The zero-order chi connectivity index (χ0) is 14.5. The van der Waals surface area contributed by atoms with Crippen LogP contribution in [0.25, 0.3) is 21.1 Å². The molecule has 0 aliphatic rings. The number of aromatic nitrogens is 2. The summed E-state index contributed by atoms with van der Waals surface area (Å²) in [5.41, 5.74) is 1.28. The van der Waals surface area contributed by atoms with Gasteiger partial charge in [-0.3, -0.25) is 4.98 Å². The SMILES string of the molecule is [C-]#[N+]c1cnc(-c2ccc(C#N)c(C#N)n2)cc1[N+]#[C-]. The second-order valence-electron chi connectivity index (χ2n) is 3.60. The van der Waals surface area contributed by atoms with E-state index in [1.165, 1.54) is 18.3 Å². The maximum atomic E-state index is 8.93. The van der Waals surface area contributed by atoms with Crippen molar-refractivity contribution < 1.29 is 0 Å². The average molecular weight is 256 g/mol. The summed E-state index contributed by atoms with van der Waals surface area (Å²) >= 11 is 0. The van der Waals surface area contributed by atoms with E-state index in [9.17, 15) is 0 Å². The number of rotatable bonds is 1. The maximum Gasteiger partial charge on any atom is 0.212 e. The summed E-state index contributed by atoms with van der Waals surface area (Å²) in [6.45, 7) is 14.0. The van der Waals surface area contributed by atoms with E-state index in [0.29, 0.717) is 11.4 Å². The Bertz CT molecular complexity index is 782. The molecule has 0 aliphatic heterocycles. The zero-order valence-corrected chi connectivity index (χ0v) is 9.99. The summed E-state index contributed by atoms with van der Waals surface area (Å²) in [4.78, 5) is 14.5. The van der Waals surface area contributed by atoms with Crippen molar-refractivity contribution in [2.75, 3.05) is 0 Å². The molecule has 0 radical (unpaired) electrons. The first-order valence-corrected chi connectivity index (χ1v) is 5.30. The quantitative estimate of drug-likeness (QED) is 0.734. The first-order valence-electron chi connectivity index (χ1n) is 5.30. The van der Waals surface area contributed by atoms with Crippen LogP contribution in [0.15, 0.2) is 24.4 Å². The van der Waals surface area contributed by atoms with Gasteiger partial charge in [-0.05, 0) is 18.2 Å². The Hall–Kier alpha value is -3.74. The summed E-state index contributed by atoms with van der Waals surface area (Å²) in [5.74, 6) is 0. The molecule has 0 aromatic carbocycles. The van der Waals surface area contributed by atoms with E-state index < -0.39 is 0 Å². The highest BCUT2D eigenvalue weighted by atomic mass is 14.8. The average Bonchev–Trinajstić information content (AvgIpc) is 2.53. The van der Waals surface area contributed by atoms with E-state index in [2.05, 4.69) is 19.7 Å². The van der Waals surface area contributed by atoms with Gasteiger partial charge in [0.25, 0.3) is 0 Å². The summed E-state index contributed by atoms with van der Waals surface area (Å²) in [7, 11) is 0. The Kier molecular flexibility index (Phi) is 3.35. The summed E-state index contributed by atoms with van der Waals surface area (Å²) in [6.07, 6.45) is 1.29. The molecule has 2 aromatic heterocycles. The first-order chi connectivity index (χ1) is 9.73. The molecule has 0 bridgehead atoms. The smallest absolute Gasteiger partial charge is 0.212 e. The Labute approximate surface area is 114 Å². The molecule has 6 nitrogen and oxygen atoms in total. The van der Waals surface area contributed by atoms with E-state index >= 15 is 0 Å². The van der Waals surface area contributed by atoms with Gasteiger partial charge in [-0.2, -0.15) is 10.5 Å². The Morgan fingerprint density at radius 1 is 1.00 bits per heavy atom. The lowest BCUT2D eigenvalue weighted by atomic mass is 10.1. The van der Waals surface area contributed by atoms with Crippen LogP contribution in [0.5, 0.6) is 0 Å². The van der Waals surface area contributed by atoms with Crippen molar-refractivity contribution in [2.45, 2.75) is 0 Å². The van der Waals surface area contributed by atoms with Crippen LogP contribution in [-0.4, -0.2) is 9.97 Å². The van der Waals surface area contributed by atoms with Crippen molar-refractivity contribution in [1.82, 2.24) is 9.97 Å². The monoisotopic (exact) mass is 256 g/mol. The molecule has 0 unspecified atom stereocenters. The fraction of sp³-hybridized carbons (Fsp3) is 0. The van der Waals surface area contributed by atoms with Gasteiger partial charge in [-0.1, -0.05) is 0 Å². The van der Waals surface area contributed by atoms with Crippen LogP contribution < -0.4 is 0 Å². The summed E-state index contributed by atoms with van der Waals surface area (Å²) < 4.78 is 0. The van der Waals surface area contributed by atoms with E-state index in [1.807, 2.05) is 12.1 Å². The van der Waals surface area contributed by atoms with Gasteiger partial charge in [0.15, 0.2) is 11.4 Å². The number of nitriles is 2. The van der Waals surface area contributed by atoms with E-state index in [0.717, 1.165) is 0 Å². The third-order valence-corrected chi connectivity index (χ3v) is 2.49. The first kappa shape index (κ1) is 12.7. The maximum absolute atomic E-state index is 8.93. The molecule has 0 aliphatic carbocycles. The van der Waals surface area contributed by atoms with Gasteiger partial charge in [0.1, 0.15) is 12.1 Å². The molecular weight excluding hydrogens is 252 g/mol. The van der Waals surface area contributed by atoms with E-state index in [4.69, 9.17) is 23.7 Å². The molecule has 0 saturated heterocycles. The Morgan fingerprint density at radius 3 is 2.35 bits per heavy atom.